The molecule has 0 aromatic heterocycles. The monoisotopic (exact) mass is 325 g/mol. The Balaban J connectivity index is 1.56. The molecule has 2 saturated carbocycles. The first-order chi connectivity index (χ1) is 11.6. The third-order valence-corrected chi connectivity index (χ3v) is 7.46. The molecule has 0 unspecified atom stereocenters. The van der Waals surface area contributed by atoms with Gasteiger partial charge in [-0.1, -0.05) is 12.1 Å². The molecule has 3 aliphatic carbocycles. The highest BCUT2D eigenvalue weighted by Crippen LogP contribution is 2.63. The predicted octanol–water partition coefficient (Wildman–Crippen LogP) is 1.82. The highest BCUT2D eigenvalue weighted by Gasteiger charge is 2.72. The zero-order valence-electron chi connectivity index (χ0n) is 13.8. The summed E-state index contributed by atoms with van der Waals surface area (Å²) in [6, 6.07) is 6.33. The number of aliphatic hydroxyl groups is 1. The Morgan fingerprint density at radius 3 is 3.00 bits per heavy atom. The van der Waals surface area contributed by atoms with Crippen molar-refractivity contribution < 1.29 is 14.6 Å². The molecule has 1 N–H and O–H groups in total. The number of carbonyl (C=O) groups excluding carboxylic acids is 1. The van der Waals surface area contributed by atoms with Gasteiger partial charge in [0.05, 0.1) is 11.0 Å². The van der Waals surface area contributed by atoms with Crippen molar-refractivity contribution in [2.75, 3.05) is 13.1 Å². The first-order valence-electron chi connectivity index (χ1n) is 9.42. The van der Waals surface area contributed by atoms with E-state index in [4.69, 9.17) is 4.74 Å². The summed E-state index contributed by atoms with van der Waals surface area (Å²) in [5.74, 6) is 1.84. The Bertz CT molecular complexity index is 757. The minimum Gasteiger partial charge on any atom is -0.481 e. The van der Waals surface area contributed by atoms with E-state index in [1.165, 1.54) is 18.4 Å². The normalized spacial score (nSPS) is 42.6. The van der Waals surface area contributed by atoms with Crippen LogP contribution in [0.5, 0.6) is 5.75 Å². The van der Waals surface area contributed by atoms with Gasteiger partial charge in [0.2, 0.25) is 0 Å². The molecule has 126 valence electrons. The van der Waals surface area contributed by atoms with Crippen molar-refractivity contribution in [2.45, 2.75) is 61.7 Å². The van der Waals surface area contributed by atoms with Crippen LogP contribution in [0.15, 0.2) is 18.2 Å². The lowest BCUT2D eigenvalue weighted by Gasteiger charge is -2.62. The van der Waals surface area contributed by atoms with Crippen molar-refractivity contribution >= 4 is 5.78 Å². The summed E-state index contributed by atoms with van der Waals surface area (Å²) in [7, 11) is 0. The van der Waals surface area contributed by atoms with Gasteiger partial charge in [0.1, 0.15) is 5.75 Å². The lowest BCUT2D eigenvalue weighted by molar-refractivity contribution is -0.188. The van der Waals surface area contributed by atoms with Gasteiger partial charge in [-0.2, -0.15) is 0 Å². The predicted molar refractivity (Wildman–Crippen MR) is 88.1 cm³/mol. The second-order valence-electron chi connectivity index (χ2n) is 8.56. The first kappa shape index (κ1) is 13.9. The summed E-state index contributed by atoms with van der Waals surface area (Å²) in [5.41, 5.74) is 1.13. The number of likely N-dealkylation sites (tertiary alicyclic amines) is 1. The van der Waals surface area contributed by atoms with Crippen LogP contribution in [-0.2, 0) is 16.6 Å². The number of hydrogen-bond acceptors (Lipinski definition) is 4. The van der Waals surface area contributed by atoms with Gasteiger partial charge < -0.3 is 9.84 Å². The minimum atomic E-state index is -0.821. The van der Waals surface area contributed by atoms with E-state index in [9.17, 15) is 9.90 Å². The number of rotatable bonds is 2. The summed E-state index contributed by atoms with van der Waals surface area (Å²) < 4.78 is 6.16. The second-order valence-corrected chi connectivity index (χ2v) is 8.56. The topological polar surface area (TPSA) is 49.8 Å². The molecule has 6 rings (SSSR count). The third kappa shape index (κ3) is 1.42. The van der Waals surface area contributed by atoms with Crippen LogP contribution in [0.25, 0.3) is 0 Å². The van der Waals surface area contributed by atoms with Gasteiger partial charge in [0.25, 0.3) is 0 Å². The fraction of sp³-hybridized carbons (Fsp3) is 0.650. The number of ether oxygens (including phenoxy) is 1. The van der Waals surface area contributed by atoms with E-state index < -0.39 is 17.1 Å². The smallest absolute Gasteiger partial charge is 0.174 e. The molecule has 3 fully saturated rings. The molecule has 4 heteroatoms. The molecule has 1 saturated heterocycles. The van der Waals surface area contributed by atoms with Gasteiger partial charge in [-0.25, -0.2) is 0 Å². The van der Waals surface area contributed by atoms with Crippen molar-refractivity contribution in [3.63, 3.8) is 0 Å². The standard InChI is InChI=1S/C20H23NO3/c22-14-6-7-20(23)16-10-13-2-1-3-15-17(13)19(20,18(14)24-15)8-9-21(16)11-12-4-5-12/h1-3,12,16,18,23H,4-11H2/t16-,18-,19-,20+/m0/s1. The van der Waals surface area contributed by atoms with Crippen molar-refractivity contribution in [3.8, 4) is 5.75 Å². The molecule has 5 aliphatic rings. The summed E-state index contributed by atoms with van der Waals surface area (Å²) in [4.78, 5) is 15.2. The van der Waals surface area contributed by atoms with E-state index in [0.29, 0.717) is 12.8 Å². The summed E-state index contributed by atoms with van der Waals surface area (Å²) in [5, 5.41) is 12.0. The Kier molecular flexibility index (Phi) is 2.44. The molecule has 4 atom stereocenters. The van der Waals surface area contributed by atoms with Crippen LogP contribution >= 0.6 is 0 Å². The van der Waals surface area contributed by atoms with E-state index in [-0.39, 0.29) is 11.8 Å². The molecular formula is C20H23NO3. The summed E-state index contributed by atoms with van der Waals surface area (Å²) in [6.45, 7) is 2.09. The molecule has 2 heterocycles. The fourth-order valence-corrected chi connectivity index (χ4v) is 6.23. The van der Waals surface area contributed by atoms with E-state index in [2.05, 4.69) is 11.0 Å². The molecule has 0 radical (unpaired) electrons. The largest absolute Gasteiger partial charge is 0.481 e. The fourth-order valence-electron chi connectivity index (χ4n) is 6.23. The summed E-state index contributed by atoms with van der Waals surface area (Å²) >= 11 is 0. The molecular weight excluding hydrogens is 302 g/mol. The number of nitrogens with zero attached hydrogens (tertiary/aromatic N) is 1. The van der Waals surface area contributed by atoms with Crippen LogP contribution in [0.2, 0.25) is 0 Å². The zero-order valence-corrected chi connectivity index (χ0v) is 13.8. The average Bonchev–Trinajstić information content (AvgIpc) is 3.31. The summed E-state index contributed by atoms with van der Waals surface area (Å²) in [6.07, 6.45) is 4.95. The van der Waals surface area contributed by atoms with Crippen LogP contribution in [-0.4, -0.2) is 46.6 Å². The number of piperidine rings is 1. The molecule has 24 heavy (non-hydrogen) atoms. The van der Waals surface area contributed by atoms with Gasteiger partial charge in [-0.3, -0.25) is 9.69 Å². The number of ketones is 1. The van der Waals surface area contributed by atoms with Crippen LogP contribution in [0.3, 0.4) is 0 Å². The average molecular weight is 325 g/mol. The quantitative estimate of drug-likeness (QED) is 0.901. The van der Waals surface area contributed by atoms with Crippen LogP contribution < -0.4 is 4.74 Å². The Labute approximate surface area is 141 Å². The molecule has 1 aromatic rings. The molecule has 4 nitrogen and oxygen atoms in total. The minimum absolute atomic E-state index is 0.131. The van der Waals surface area contributed by atoms with Crippen molar-refractivity contribution in [1.82, 2.24) is 4.90 Å². The van der Waals surface area contributed by atoms with Gasteiger partial charge in [-0.05, 0) is 56.2 Å². The van der Waals surface area contributed by atoms with E-state index in [1.807, 2.05) is 12.1 Å². The van der Waals surface area contributed by atoms with Gasteiger partial charge >= 0.3 is 0 Å². The van der Waals surface area contributed by atoms with Crippen LogP contribution in [0.1, 0.15) is 43.2 Å². The van der Waals surface area contributed by atoms with Crippen molar-refractivity contribution in [1.29, 1.82) is 0 Å². The molecule has 0 amide bonds. The number of benzene rings is 1. The molecule has 2 bridgehead atoms. The lowest BCUT2D eigenvalue weighted by atomic mass is 9.49. The second kappa shape index (κ2) is 4.23. The first-order valence-corrected chi connectivity index (χ1v) is 9.42. The third-order valence-electron chi connectivity index (χ3n) is 7.46. The Morgan fingerprint density at radius 1 is 1.29 bits per heavy atom. The van der Waals surface area contributed by atoms with Crippen molar-refractivity contribution in [2.24, 2.45) is 5.92 Å². The maximum atomic E-state index is 12.7. The van der Waals surface area contributed by atoms with Crippen LogP contribution in [0.4, 0.5) is 0 Å². The van der Waals surface area contributed by atoms with E-state index in [0.717, 1.165) is 43.2 Å². The van der Waals surface area contributed by atoms with Gasteiger partial charge in [0.15, 0.2) is 11.9 Å². The zero-order chi connectivity index (χ0) is 16.1. The molecule has 2 aliphatic heterocycles. The lowest BCUT2D eigenvalue weighted by Crippen LogP contribution is -2.76. The van der Waals surface area contributed by atoms with Crippen molar-refractivity contribution in [3.05, 3.63) is 29.3 Å². The van der Waals surface area contributed by atoms with E-state index in [1.54, 1.807) is 0 Å². The number of carbonyl (C=O) groups is 1. The van der Waals surface area contributed by atoms with Gasteiger partial charge in [-0.15, -0.1) is 0 Å². The Morgan fingerprint density at radius 2 is 2.17 bits per heavy atom. The number of hydrogen-bond donors (Lipinski definition) is 1. The SMILES string of the molecule is O=C1CC[C@@]2(O)[C@@H]3Cc4cccc5c4[C@@]2(CCN3CC2CC2)[C@H]1O5. The number of Topliss-reactive ketones (excluding diaryl/α,β-unsaturated/α-hetero) is 1. The maximum Gasteiger partial charge on any atom is 0.174 e. The Hall–Kier alpha value is -1.39. The molecule has 1 spiro atoms. The molecule has 1 aromatic carbocycles. The maximum absolute atomic E-state index is 12.7. The highest BCUT2D eigenvalue weighted by molar-refractivity contribution is 5.89. The van der Waals surface area contributed by atoms with Gasteiger partial charge in [0, 0.05) is 24.6 Å². The van der Waals surface area contributed by atoms with E-state index >= 15 is 0 Å². The van der Waals surface area contributed by atoms with Crippen LogP contribution in [0, 0.1) is 5.92 Å². The highest BCUT2D eigenvalue weighted by atomic mass is 16.5.